The molecule has 0 bridgehead atoms. The van der Waals surface area contributed by atoms with Gasteiger partial charge in [0.2, 0.25) is 5.91 Å². The summed E-state index contributed by atoms with van der Waals surface area (Å²) in [5, 5.41) is 11.9. The Labute approximate surface area is 288 Å². The van der Waals surface area contributed by atoms with Crippen molar-refractivity contribution in [3.63, 3.8) is 0 Å². The van der Waals surface area contributed by atoms with Crippen LogP contribution in [0, 0.1) is 28.9 Å². The van der Waals surface area contributed by atoms with Gasteiger partial charge >= 0.3 is 0 Å². The van der Waals surface area contributed by atoms with Crippen LogP contribution in [0.3, 0.4) is 0 Å². The number of hydrazine groups is 2. The molecule has 1 saturated heterocycles. The van der Waals surface area contributed by atoms with Gasteiger partial charge in [-0.05, 0) is 54.5 Å². The normalized spacial score (nSPS) is 19.3. The summed E-state index contributed by atoms with van der Waals surface area (Å²) < 4.78 is 35.7. The van der Waals surface area contributed by atoms with Crippen LogP contribution in [-0.2, 0) is 4.79 Å². The van der Waals surface area contributed by atoms with E-state index in [9.17, 15) is 19.2 Å². The Morgan fingerprint density at radius 3 is 2.62 bits per heavy atom. The highest BCUT2D eigenvalue weighted by Gasteiger charge is 2.29. The summed E-state index contributed by atoms with van der Waals surface area (Å²) in [5.41, 5.74) is 9.27. The van der Waals surface area contributed by atoms with Gasteiger partial charge in [0, 0.05) is 81.7 Å². The molecular weight excluding hydrogens is 644 g/mol. The number of H-pyrrole nitrogens is 1. The zero-order valence-electron chi connectivity index (χ0n) is 27.8. The van der Waals surface area contributed by atoms with Gasteiger partial charge in [-0.15, -0.1) is 5.53 Å². The van der Waals surface area contributed by atoms with E-state index in [-0.39, 0.29) is 35.5 Å². The molecule has 1 fully saturated rings. The molecule has 0 radical (unpaired) electrons. The molecule has 14 heteroatoms. The number of hydrogen-bond donors (Lipinski definition) is 3. The monoisotopic (exact) mass is 683 g/mol. The molecule has 2 amide bonds. The second kappa shape index (κ2) is 14.2. The molecule has 4 aliphatic rings. The summed E-state index contributed by atoms with van der Waals surface area (Å²) >= 11 is 0. The molecule has 7 rings (SSSR count). The number of ether oxygens (including phenoxy) is 1. The average molecular weight is 684 g/mol. The zero-order valence-corrected chi connectivity index (χ0v) is 27.8. The number of anilines is 1. The lowest BCUT2D eigenvalue weighted by Crippen LogP contribution is -2.49. The Balaban J connectivity index is 1.15. The SMILES string of the molecule is COc1cc(F)cnc1N1CCN(C(=O)c2cc3c(C4=CCC(C#N)CC4)cc(C4=CCCN(C(=O)CCN5C=CNN5)C4)c(F)c3[nH]2)CC1. The third-order valence-corrected chi connectivity index (χ3v) is 9.87. The molecule has 12 nitrogen and oxygen atoms in total. The van der Waals surface area contributed by atoms with Crippen molar-refractivity contribution in [1.29, 1.82) is 5.26 Å². The number of hydrogen-bond acceptors (Lipinski definition) is 9. The summed E-state index contributed by atoms with van der Waals surface area (Å²) in [4.78, 5) is 39.8. The maximum absolute atomic E-state index is 16.6. The molecule has 1 aromatic carbocycles. The Bertz CT molecular complexity index is 1940. The Hall–Kier alpha value is -5.42. The van der Waals surface area contributed by atoms with Crippen LogP contribution in [-0.4, -0.2) is 89.5 Å². The van der Waals surface area contributed by atoms with E-state index >= 15 is 4.39 Å². The number of aromatic amines is 1. The van der Waals surface area contributed by atoms with Crippen LogP contribution in [0.2, 0.25) is 0 Å². The lowest BCUT2D eigenvalue weighted by atomic mass is 9.85. The van der Waals surface area contributed by atoms with Crippen LogP contribution in [0.5, 0.6) is 5.75 Å². The minimum atomic E-state index is -0.492. The predicted octanol–water partition coefficient (Wildman–Crippen LogP) is 4.32. The van der Waals surface area contributed by atoms with E-state index in [1.807, 2.05) is 23.2 Å². The quantitative estimate of drug-likeness (QED) is 0.318. The average Bonchev–Trinajstić information content (AvgIpc) is 3.85. The predicted molar refractivity (Wildman–Crippen MR) is 184 cm³/mol. The first-order valence-electron chi connectivity index (χ1n) is 16.9. The smallest absolute Gasteiger partial charge is 0.270 e. The van der Waals surface area contributed by atoms with Gasteiger partial charge in [-0.2, -0.15) is 5.26 Å². The number of benzene rings is 1. The van der Waals surface area contributed by atoms with Gasteiger partial charge in [0.1, 0.15) is 11.5 Å². The van der Waals surface area contributed by atoms with Crippen LogP contribution in [0.4, 0.5) is 14.6 Å². The van der Waals surface area contributed by atoms with Crippen LogP contribution in [0.1, 0.15) is 53.7 Å². The van der Waals surface area contributed by atoms with Crippen molar-refractivity contribution >= 4 is 39.7 Å². The number of rotatable bonds is 8. The molecule has 3 aromatic rings. The summed E-state index contributed by atoms with van der Waals surface area (Å²) in [7, 11) is 1.46. The maximum atomic E-state index is 16.6. The van der Waals surface area contributed by atoms with Crippen molar-refractivity contribution < 1.29 is 23.1 Å². The van der Waals surface area contributed by atoms with Gasteiger partial charge in [0.15, 0.2) is 17.4 Å². The topological polar surface area (TPSA) is 133 Å². The number of piperazine rings is 1. The number of methoxy groups -OCH3 is 1. The Morgan fingerprint density at radius 2 is 1.90 bits per heavy atom. The molecule has 0 saturated carbocycles. The number of aromatic nitrogens is 2. The van der Waals surface area contributed by atoms with Crippen molar-refractivity contribution in [3.8, 4) is 11.8 Å². The van der Waals surface area contributed by atoms with Gasteiger partial charge in [-0.25, -0.2) is 13.8 Å². The summed E-state index contributed by atoms with van der Waals surface area (Å²) in [6.07, 6.45) is 11.6. The standard InChI is InChI=1S/C36H39F2N9O3/c1-50-31-17-26(37)21-40-35(31)44-13-15-45(16-14-44)36(49)30-19-29-27(24-6-4-23(20-39)5-7-24)18-28(33(38)34(29)42-30)25-3-2-10-46(22-25)32(48)8-11-47-12-9-41-43-47/h3,6,9,12,17-19,21,23,41-43H,2,4-5,7-8,10-11,13-16,22H2,1H3. The van der Waals surface area contributed by atoms with Gasteiger partial charge in [-0.3, -0.25) is 14.6 Å². The Morgan fingerprint density at radius 1 is 1.06 bits per heavy atom. The fourth-order valence-corrected chi connectivity index (χ4v) is 7.10. The highest BCUT2D eigenvalue weighted by atomic mass is 19.1. The highest BCUT2D eigenvalue weighted by Crippen LogP contribution is 2.39. The first-order valence-corrected chi connectivity index (χ1v) is 16.9. The number of nitrogens with zero attached hydrogens (tertiary/aromatic N) is 6. The number of carbonyl (C=O) groups is 2. The number of carbonyl (C=O) groups excluding carboxylic acids is 2. The Kier molecular flexibility index (Phi) is 9.40. The summed E-state index contributed by atoms with van der Waals surface area (Å²) in [6, 6.07) is 7.22. The van der Waals surface area contributed by atoms with Crippen molar-refractivity contribution in [3.05, 3.63) is 77.4 Å². The lowest BCUT2D eigenvalue weighted by molar-refractivity contribution is -0.131. The van der Waals surface area contributed by atoms with E-state index in [0.29, 0.717) is 93.9 Å². The van der Waals surface area contributed by atoms with E-state index in [4.69, 9.17) is 4.74 Å². The first-order chi connectivity index (χ1) is 24.3. The van der Waals surface area contributed by atoms with E-state index in [1.54, 1.807) is 27.1 Å². The number of fused-ring (bicyclic) bond motifs is 1. The minimum Gasteiger partial charge on any atom is -0.493 e. The molecule has 1 unspecified atom stereocenters. The first kappa shape index (κ1) is 33.1. The van der Waals surface area contributed by atoms with Gasteiger partial charge in [-0.1, -0.05) is 12.2 Å². The van der Waals surface area contributed by atoms with Crippen molar-refractivity contribution in [1.82, 2.24) is 35.7 Å². The highest BCUT2D eigenvalue weighted by molar-refractivity contribution is 6.03. The van der Waals surface area contributed by atoms with Gasteiger partial charge in [0.25, 0.3) is 5.91 Å². The molecular formula is C36H39F2N9O3. The molecule has 1 aliphatic carbocycles. The van der Waals surface area contributed by atoms with Crippen LogP contribution in [0.15, 0.2) is 48.9 Å². The minimum absolute atomic E-state index is 0.0153. The molecule has 50 heavy (non-hydrogen) atoms. The fraction of sp³-hybridized carbons (Fsp3) is 0.389. The number of pyridine rings is 1. The second-order valence-corrected chi connectivity index (χ2v) is 12.9. The lowest BCUT2D eigenvalue weighted by Gasteiger charge is -2.35. The van der Waals surface area contributed by atoms with Gasteiger partial charge in [0.05, 0.1) is 30.8 Å². The van der Waals surface area contributed by atoms with Crippen LogP contribution in [0.25, 0.3) is 22.0 Å². The third kappa shape index (κ3) is 6.60. The van der Waals surface area contributed by atoms with Crippen molar-refractivity contribution in [2.75, 3.05) is 57.8 Å². The van der Waals surface area contributed by atoms with Crippen LogP contribution >= 0.6 is 0 Å². The van der Waals surface area contributed by atoms with Crippen molar-refractivity contribution in [2.45, 2.75) is 32.1 Å². The largest absolute Gasteiger partial charge is 0.493 e. The maximum Gasteiger partial charge on any atom is 0.270 e. The number of allylic oxidation sites excluding steroid dienone is 2. The molecule has 0 spiro atoms. The molecule has 3 N–H and O–H groups in total. The second-order valence-electron chi connectivity index (χ2n) is 12.9. The van der Waals surface area contributed by atoms with Crippen LogP contribution < -0.4 is 20.6 Å². The molecule has 260 valence electrons. The number of nitrogens with one attached hydrogen (secondary N) is 3. The van der Waals surface area contributed by atoms with Crippen molar-refractivity contribution in [2.24, 2.45) is 5.92 Å². The number of amides is 2. The number of nitriles is 1. The third-order valence-electron chi connectivity index (χ3n) is 9.87. The van der Waals surface area contributed by atoms with E-state index in [2.05, 4.69) is 33.1 Å². The van der Waals surface area contributed by atoms with E-state index < -0.39 is 11.6 Å². The fourth-order valence-electron chi connectivity index (χ4n) is 7.10. The molecule has 2 aromatic heterocycles. The van der Waals surface area contributed by atoms with E-state index in [0.717, 1.165) is 22.9 Å². The van der Waals surface area contributed by atoms with E-state index in [1.165, 1.54) is 13.2 Å². The molecule has 1 atom stereocenters. The molecule has 5 heterocycles. The summed E-state index contributed by atoms with van der Waals surface area (Å²) in [5.74, 6) is -0.448. The van der Waals surface area contributed by atoms with Gasteiger partial charge < -0.3 is 29.8 Å². The number of halogens is 2. The summed E-state index contributed by atoms with van der Waals surface area (Å²) in [6.45, 7) is 3.02. The zero-order chi connectivity index (χ0) is 34.8. The molecule has 3 aliphatic heterocycles.